The zero-order valence-corrected chi connectivity index (χ0v) is 21.8. The number of anilines is 1. The first-order valence-corrected chi connectivity index (χ1v) is 13.8. The Morgan fingerprint density at radius 2 is 1.92 bits per heavy atom. The number of benzene rings is 1. The van der Waals surface area contributed by atoms with Gasteiger partial charge in [-0.3, -0.25) is 4.90 Å². The molecule has 0 unspecified atom stereocenters. The Morgan fingerprint density at radius 3 is 2.58 bits per heavy atom. The minimum absolute atomic E-state index is 0.203. The topological polar surface area (TPSA) is 63.2 Å². The predicted molar refractivity (Wildman–Crippen MR) is 142 cm³/mol. The summed E-state index contributed by atoms with van der Waals surface area (Å²) < 4.78 is 32.6. The van der Waals surface area contributed by atoms with Crippen molar-refractivity contribution in [1.29, 1.82) is 0 Å². The SMILES string of the molecule is C=C(N1CCC(n2c(SC)nc3cc(C)c(F)cc32)CC1)C1(F)CCN(Cc2ccnc(N)c2)CC1. The number of hydrogen-bond acceptors (Lipinski definition) is 6. The highest BCUT2D eigenvalue weighted by molar-refractivity contribution is 7.98. The van der Waals surface area contributed by atoms with Gasteiger partial charge in [0, 0.05) is 56.7 Å². The van der Waals surface area contributed by atoms with Crippen LogP contribution in [-0.4, -0.2) is 62.4 Å². The number of allylic oxidation sites excluding steroid dienone is 1. The van der Waals surface area contributed by atoms with E-state index < -0.39 is 5.67 Å². The molecular weight excluding hydrogens is 478 g/mol. The normalized spacial score (nSPS) is 19.2. The lowest BCUT2D eigenvalue weighted by molar-refractivity contribution is 0.0520. The molecule has 0 atom stereocenters. The first-order valence-electron chi connectivity index (χ1n) is 12.6. The fourth-order valence-corrected chi connectivity index (χ4v) is 6.21. The van der Waals surface area contributed by atoms with E-state index in [9.17, 15) is 4.39 Å². The molecule has 1 aromatic carbocycles. The Balaban J connectivity index is 1.22. The predicted octanol–water partition coefficient (Wildman–Crippen LogP) is 5.34. The standard InChI is InChI=1S/C27H34F2N6S/c1-18-14-23-24(16-22(18)28)35(26(32-23)36-3)21-5-10-34(11-6-21)19(2)27(29)7-12-33(13-8-27)17-20-4-9-31-25(30)15-20/h4,9,14-16,21H,2,5-8,10-13,17H2,1,3H3,(H2,30,31). The lowest BCUT2D eigenvalue weighted by Crippen LogP contribution is -2.47. The molecule has 0 aliphatic carbocycles. The van der Waals surface area contributed by atoms with Crippen molar-refractivity contribution in [3.05, 3.63) is 59.7 Å². The molecule has 5 rings (SSSR count). The smallest absolute Gasteiger partial charge is 0.169 e. The molecule has 0 saturated carbocycles. The van der Waals surface area contributed by atoms with Gasteiger partial charge in [0.05, 0.1) is 11.0 Å². The highest BCUT2D eigenvalue weighted by atomic mass is 32.2. The lowest BCUT2D eigenvalue weighted by Gasteiger charge is -2.44. The molecule has 2 saturated heterocycles. The van der Waals surface area contributed by atoms with E-state index in [1.807, 2.05) is 24.5 Å². The van der Waals surface area contributed by atoms with Crippen LogP contribution in [0.5, 0.6) is 0 Å². The number of nitrogen functional groups attached to an aromatic ring is 1. The minimum atomic E-state index is -1.38. The van der Waals surface area contributed by atoms with Crippen molar-refractivity contribution in [2.45, 2.75) is 56.0 Å². The number of thioether (sulfide) groups is 1. The summed E-state index contributed by atoms with van der Waals surface area (Å²) in [6, 6.07) is 7.46. The largest absolute Gasteiger partial charge is 0.384 e. The van der Waals surface area contributed by atoms with Gasteiger partial charge < -0.3 is 15.2 Å². The molecule has 2 aliphatic heterocycles. The van der Waals surface area contributed by atoms with Crippen LogP contribution in [0.4, 0.5) is 14.6 Å². The van der Waals surface area contributed by atoms with Crippen molar-refractivity contribution < 1.29 is 8.78 Å². The maximum absolute atomic E-state index is 16.0. The molecule has 192 valence electrons. The number of fused-ring (bicyclic) bond motifs is 1. The number of halogens is 2. The first-order chi connectivity index (χ1) is 17.3. The van der Waals surface area contributed by atoms with Crippen LogP contribution < -0.4 is 5.73 Å². The van der Waals surface area contributed by atoms with Gasteiger partial charge in [-0.2, -0.15) is 0 Å². The van der Waals surface area contributed by atoms with Crippen LogP contribution in [0, 0.1) is 12.7 Å². The van der Waals surface area contributed by atoms with Crippen molar-refractivity contribution >= 4 is 28.6 Å². The van der Waals surface area contributed by atoms with Crippen LogP contribution >= 0.6 is 11.8 Å². The summed E-state index contributed by atoms with van der Waals surface area (Å²) in [5.41, 5.74) is 8.39. The van der Waals surface area contributed by atoms with Gasteiger partial charge in [0.2, 0.25) is 0 Å². The van der Waals surface area contributed by atoms with Crippen molar-refractivity contribution in [3.8, 4) is 0 Å². The van der Waals surface area contributed by atoms with E-state index in [1.165, 1.54) is 0 Å². The number of likely N-dealkylation sites (tertiary alicyclic amines) is 2. The second-order valence-electron chi connectivity index (χ2n) is 10.1. The Kier molecular flexibility index (Phi) is 6.96. The van der Waals surface area contributed by atoms with Gasteiger partial charge in [-0.05, 0) is 68.2 Å². The third-order valence-electron chi connectivity index (χ3n) is 7.75. The van der Waals surface area contributed by atoms with E-state index in [1.54, 1.807) is 30.9 Å². The van der Waals surface area contributed by atoms with E-state index in [-0.39, 0.29) is 11.9 Å². The van der Waals surface area contributed by atoms with Crippen LogP contribution in [0.25, 0.3) is 11.0 Å². The molecule has 0 spiro atoms. The summed E-state index contributed by atoms with van der Waals surface area (Å²) in [7, 11) is 0. The number of rotatable bonds is 6. The fourth-order valence-electron chi connectivity index (χ4n) is 5.58. The quantitative estimate of drug-likeness (QED) is 0.450. The third kappa shape index (κ3) is 4.83. The van der Waals surface area contributed by atoms with E-state index >= 15 is 4.39 Å². The summed E-state index contributed by atoms with van der Waals surface area (Å²) >= 11 is 1.58. The zero-order valence-electron chi connectivity index (χ0n) is 21.0. The van der Waals surface area contributed by atoms with Gasteiger partial charge in [-0.1, -0.05) is 18.3 Å². The Labute approximate surface area is 215 Å². The summed E-state index contributed by atoms with van der Waals surface area (Å²) in [6.07, 6.45) is 6.28. The summed E-state index contributed by atoms with van der Waals surface area (Å²) in [5.74, 6) is 0.301. The molecule has 2 N–H and O–H groups in total. The van der Waals surface area contributed by atoms with Crippen LogP contribution in [0.2, 0.25) is 0 Å². The van der Waals surface area contributed by atoms with Crippen LogP contribution in [-0.2, 0) is 6.54 Å². The van der Waals surface area contributed by atoms with Crippen LogP contribution in [0.15, 0.2) is 47.9 Å². The number of hydrogen-bond donors (Lipinski definition) is 1. The van der Waals surface area contributed by atoms with Gasteiger partial charge in [0.25, 0.3) is 0 Å². The van der Waals surface area contributed by atoms with Gasteiger partial charge in [-0.15, -0.1) is 0 Å². The van der Waals surface area contributed by atoms with E-state index in [0.29, 0.717) is 43.0 Å². The number of imidazole rings is 1. The summed E-state index contributed by atoms with van der Waals surface area (Å²) in [6.45, 7) is 9.56. The second-order valence-corrected chi connectivity index (χ2v) is 10.8. The van der Waals surface area contributed by atoms with Gasteiger partial charge in [0.15, 0.2) is 10.8 Å². The van der Waals surface area contributed by atoms with Crippen molar-refractivity contribution in [1.82, 2.24) is 24.3 Å². The number of aryl methyl sites for hydroxylation is 1. The molecular formula is C27H34F2N6S. The van der Waals surface area contributed by atoms with Crippen molar-refractivity contribution in [2.75, 3.05) is 38.2 Å². The monoisotopic (exact) mass is 512 g/mol. The molecule has 2 fully saturated rings. The van der Waals surface area contributed by atoms with E-state index in [2.05, 4.69) is 25.9 Å². The number of piperidine rings is 2. The number of pyridine rings is 1. The van der Waals surface area contributed by atoms with Crippen molar-refractivity contribution in [3.63, 3.8) is 0 Å². The fraction of sp³-hybridized carbons (Fsp3) is 0.481. The number of alkyl halides is 1. The Morgan fingerprint density at radius 1 is 1.19 bits per heavy atom. The molecule has 6 nitrogen and oxygen atoms in total. The van der Waals surface area contributed by atoms with E-state index in [4.69, 9.17) is 10.7 Å². The lowest BCUT2D eigenvalue weighted by atomic mass is 9.88. The maximum atomic E-state index is 16.0. The Hall–Kier alpha value is -2.65. The van der Waals surface area contributed by atoms with Gasteiger partial charge in [-0.25, -0.2) is 18.7 Å². The zero-order chi connectivity index (χ0) is 25.4. The minimum Gasteiger partial charge on any atom is -0.384 e. The molecule has 9 heteroatoms. The summed E-state index contributed by atoms with van der Waals surface area (Å²) in [5, 5.41) is 0.901. The average molecular weight is 513 g/mol. The number of aromatic nitrogens is 3. The Bertz CT molecular complexity index is 1260. The van der Waals surface area contributed by atoms with Crippen LogP contribution in [0.3, 0.4) is 0 Å². The molecule has 2 aliphatic rings. The third-order valence-corrected chi connectivity index (χ3v) is 8.40. The maximum Gasteiger partial charge on any atom is 0.169 e. The van der Waals surface area contributed by atoms with Crippen LogP contribution in [0.1, 0.15) is 42.9 Å². The molecule has 3 aromatic rings. The summed E-state index contributed by atoms with van der Waals surface area (Å²) in [4.78, 5) is 13.2. The molecule has 36 heavy (non-hydrogen) atoms. The average Bonchev–Trinajstić information content (AvgIpc) is 3.22. The van der Waals surface area contributed by atoms with Crippen molar-refractivity contribution in [2.24, 2.45) is 0 Å². The molecule has 0 bridgehead atoms. The highest BCUT2D eigenvalue weighted by Crippen LogP contribution is 2.39. The van der Waals surface area contributed by atoms with Gasteiger partial charge in [0.1, 0.15) is 11.6 Å². The molecule has 0 radical (unpaired) electrons. The first kappa shape index (κ1) is 25.0. The highest BCUT2D eigenvalue weighted by Gasteiger charge is 2.40. The molecule has 4 heterocycles. The van der Waals surface area contributed by atoms with Gasteiger partial charge >= 0.3 is 0 Å². The second kappa shape index (κ2) is 10.0. The number of nitrogens with two attached hydrogens (primary N) is 1. The molecule has 2 aromatic heterocycles. The number of nitrogens with zero attached hydrogens (tertiary/aromatic N) is 5. The van der Waals surface area contributed by atoms with E-state index in [0.717, 1.165) is 54.2 Å². The molecule has 0 amide bonds.